The SMILES string of the molecule is COc1ccc(C(=O)NC(C(=O)N/N=C/c2ccc(O)c(Br)c2)C(C)C)cc1. The molecular formula is C20H22BrN3O4. The molecule has 0 aliphatic heterocycles. The van der Waals surface area contributed by atoms with E-state index in [1.54, 1.807) is 43.5 Å². The van der Waals surface area contributed by atoms with Gasteiger partial charge in [0.2, 0.25) is 0 Å². The van der Waals surface area contributed by atoms with Crippen LogP contribution in [0.2, 0.25) is 0 Å². The van der Waals surface area contributed by atoms with Gasteiger partial charge in [-0.1, -0.05) is 13.8 Å². The third-order valence-corrected chi connectivity index (χ3v) is 4.58. The van der Waals surface area contributed by atoms with Crippen LogP contribution < -0.4 is 15.5 Å². The topological polar surface area (TPSA) is 100 Å². The average Bonchev–Trinajstić information content (AvgIpc) is 2.68. The lowest BCUT2D eigenvalue weighted by molar-refractivity contribution is -0.123. The molecule has 0 aromatic heterocycles. The molecule has 8 heteroatoms. The Morgan fingerprint density at radius 1 is 1.18 bits per heavy atom. The second-order valence-corrected chi connectivity index (χ2v) is 7.22. The lowest BCUT2D eigenvalue weighted by Crippen LogP contribution is -2.48. The first-order chi connectivity index (χ1) is 13.3. The second kappa shape index (κ2) is 9.89. The van der Waals surface area contributed by atoms with E-state index in [-0.39, 0.29) is 17.6 Å². The maximum atomic E-state index is 12.5. The number of methoxy groups -OCH3 is 1. The molecule has 2 aromatic rings. The van der Waals surface area contributed by atoms with Gasteiger partial charge in [-0.25, -0.2) is 5.43 Å². The third-order valence-electron chi connectivity index (χ3n) is 3.95. The van der Waals surface area contributed by atoms with E-state index in [9.17, 15) is 14.7 Å². The largest absolute Gasteiger partial charge is 0.507 e. The number of hydrogen-bond acceptors (Lipinski definition) is 5. The number of phenolic OH excluding ortho intramolecular Hbond substituents is 1. The van der Waals surface area contributed by atoms with E-state index in [0.717, 1.165) is 0 Å². The minimum Gasteiger partial charge on any atom is -0.507 e. The predicted octanol–water partition coefficient (Wildman–Crippen LogP) is 3.07. The first kappa shape index (κ1) is 21.4. The van der Waals surface area contributed by atoms with Crippen molar-refractivity contribution in [3.8, 4) is 11.5 Å². The van der Waals surface area contributed by atoms with Crippen LogP contribution in [0.4, 0.5) is 0 Å². The van der Waals surface area contributed by atoms with Crippen LogP contribution in [0.25, 0.3) is 0 Å². The number of rotatable bonds is 7. The monoisotopic (exact) mass is 447 g/mol. The number of hydrazone groups is 1. The summed E-state index contributed by atoms with van der Waals surface area (Å²) in [5.74, 6) is -0.165. The molecule has 148 valence electrons. The highest BCUT2D eigenvalue weighted by molar-refractivity contribution is 9.10. The summed E-state index contributed by atoms with van der Waals surface area (Å²) in [6.45, 7) is 3.67. The molecule has 0 fully saturated rings. The number of ether oxygens (including phenoxy) is 1. The van der Waals surface area contributed by atoms with Crippen molar-refractivity contribution in [1.82, 2.24) is 10.7 Å². The summed E-state index contributed by atoms with van der Waals surface area (Å²) in [7, 11) is 1.55. The summed E-state index contributed by atoms with van der Waals surface area (Å²) >= 11 is 3.21. The molecule has 0 saturated carbocycles. The number of amides is 2. The number of phenols is 1. The van der Waals surface area contributed by atoms with Gasteiger partial charge >= 0.3 is 0 Å². The lowest BCUT2D eigenvalue weighted by atomic mass is 10.0. The lowest BCUT2D eigenvalue weighted by Gasteiger charge is -2.20. The van der Waals surface area contributed by atoms with E-state index in [4.69, 9.17) is 4.74 Å². The highest BCUT2D eigenvalue weighted by Gasteiger charge is 2.24. The summed E-state index contributed by atoms with van der Waals surface area (Å²) in [6, 6.07) is 10.7. The number of carbonyl (C=O) groups is 2. The zero-order valence-electron chi connectivity index (χ0n) is 15.8. The van der Waals surface area contributed by atoms with Gasteiger partial charge in [-0.2, -0.15) is 5.10 Å². The van der Waals surface area contributed by atoms with Gasteiger partial charge in [-0.3, -0.25) is 9.59 Å². The van der Waals surface area contributed by atoms with Crippen LogP contribution in [0.5, 0.6) is 11.5 Å². The highest BCUT2D eigenvalue weighted by Crippen LogP contribution is 2.23. The standard InChI is InChI=1S/C20H22BrN3O4/c1-12(2)18(23-19(26)14-5-7-15(28-3)8-6-14)20(27)24-22-11-13-4-9-17(25)16(21)10-13/h4-12,18,25H,1-3H3,(H,23,26)(H,24,27)/b22-11+. The molecule has 7 nitrogen and oxygen atoms in total. The minimum absolute atomic E-state index is 0.113. The van der Waals surface area contributed by atoms with Gasteiger partial charge in [0.05, 0.1) is 17.8 Å². The number of aromatic hydroxyl groups is 1. The molecule has 0 heterocycles. The Balaban J connectivity index is 2.01. The number of halogens is 1. The van der Waals surface area contributed by atoms with Crippen LogP contribution >= 0.6 is 15.9 Å². The van der Waals surface area contributed by atoms with Crippen molar-refractivity contribution in [3.05, 3.63) is 58.1 Å². The van der Waals surface area contributed by atoms with Crippen molar-refractivity contribution < 1.29 is 19.4 Å². The minimum atomic E-state index is -0.752. The molecule has 0 aliphatic rings. The molecule has 2 aromatic carbocycles. The van der Waals surface area contributed by atoms with Gasteiger partial charge in [0.15, 0.2) is 0 Å². The molecule has 2 amide bonds. The van der Waals surface area contributed by atoms with Gasteiger partial charge < -0.3 is 15.2 Å². The molecular weight excluding hydrogens is 426 g/mol. The molecule has 0 bridgehead atoms. The van der Waals surface area contributed by atoms with Crippen molar-refractivity contribution in [3.63, 3.8) is 0 Å². The Morgan fingerprint density at radius 2 is 1.86 bits per heavy atom. The summed E-state index contributed by atoms with van der Waals surface area (Å²) in [5.41, 5.74) is 3.56. The Kier molecular flexibility index (Phi) is 7.57. The fraction of sp³-hybridized carbons (Fsp3) is 0.250. The van der Waals surface area contributed by atoms with Crippen LogP contribution in [0.1, 0.15) is 29.8 Å². The number of benzene rings is 2. The van der Waals surface area contributed by atoms with Crippen molar-refractivity contribution in [1.29, 1.82) is 0 Å². The van der Waals surface area contributed by atoms with Gasteiger partial charge in [0, 0.05) is 5.56 Å². The fourth-order valence-corrected chi connectivity index (χ4v) is 2.74. The van der Waals surface area contributed by atoms with Crippen molar-refractivity contribution in [2.24, 2.45) is 11.0 Å². The average molecular weight is 448 g/mol. The first-order valence-electron chi connectivity index (χ1n) is 8.58. The summed E-state index contributed by atoms with van der Waals surface area (Å²) < 4.78 is 5.60. The van der Waals surface area contributed by atoms with E-state index in [1.165, 1.54) is 12.3 Å². The molecule has 0 aliphatic carbocycles. The molecule has 1 unspecified atom stereocenters. The van der Waals surface area contributed by atoms with Crippen LogP contribution in [0.15, 0.2) is 52.0 Å². The molecule has 28 heavy (non-hydrogen) atoms. The second-order valence-electron chi connectivity index (χ2n) is 6.37. The van der Waals surface area contributed by atoms with Crippen molar-refractivity contribution in [2.45, 2.75) is 19.9 Å². The predicted molar refractivity (Wildman–Crippen MR) is 111 cm³/mol. The summed E-state index contributed by atoms with van der Waals surface area (Å²) in [5, 5.41) is 16.1. The van der Waals surface area contributed by atoms with E-state index in [2.05, 4.69) is 31.8 Å². The zero-order valence-corrected chi connectivity index (χ0v) is 17.4. The van der Waals surface area contributed by atoms with Gasteiger partial charge in [-0.05, 0) is 69.9 Å². The molecule has 3 N–H and O–H groups in total. The molecule has 2 rings (SSSR count). The van der Waals surface area contributed by atoms with Crippen molar-refractivity contribution in [2.75, 3.05) is 7.11 Å². The smallest absolute Gasteiger partial charge is 0.262 e. The maximum absolute atomic E-state index is 12.5. The quantitative estimate of drug-likeness (QED) is 0.448. The van der Waals surface area contributed by atoms with E-state index in [0.29, 0.717) is 21.3 Å². The molecule has 1 atom stereocenters. The summed E-state index contributed by atoms with van der Waals surface area (Å²) in [6.07, 6.45) is 1.45. The Hall–Kier alpha value is -2.87. The normalized spacial score (nSPS) is 12.0. The van der Waals surface area contributed by atoms with Crippen LogP contribution in [-0.2, 0) is 4.79 Å². The van der Waals surface area contributed by atoms with Crippen LogP contribution in [-0.4, -0.2) is 36.3 Å². The van der Waals surface area contributed by atoms with Gasteiger partial charge in [-0.15, -0.1) is 0 Å². The zero-order chi connectivity index (χ0) is 20.7. The van der Waals surface area contributed by atoms with Crippen LogP contribution in [0.3, 0.4) is 0 Å². The summed E-state index contributed by atoms with van der Waals surface area (Å²) in [4.78, 5) is 24.9. The molecule has 0 radical (unpaired) electrons. The van der Waals surface area contributed by atoms with Gasteiger partial charge in [0.1, 0.15) is 17.5 Å². The first-order valence-corrected chi connectivity index (χ1v) is 9.37. The van der Waals surface area contributed by atoms with Crippen molar-refractivity contribution >= 4 is 34.0 Å². The Bertz CT molecular complexity index is 866. The Morgan fingerprint density at radius 3 is 2.43 bits per heavy atom. The number of nitrogens with one attached hydrogen (secondary N) is 2. The maximum Gasteiger partial charge on any atom is 0.262 e. The van der Waals surface area contributed by atoms with Crippen LogP contribution in [0, 0.1) is 5.92 Å². The number of nitrogens with zero attached hydrogens (tertiary/aromatic N) is 1. The molecule has 0 spiro atoms. The van der Waals surface area contributed by atoms with E-state index in [1.807, 2.05) is 13.8 Å². The fourth-order valence-electron chi connectivity index (χ4n) is 2.35. The third kappa shape index (κ3) is 5.82. The number of hydrogen-bond donors (Lipinski definition) is 3. The van der Waals surface area contributed by atoms with E-state index < -0.39 is 11.9 Å². The van der Waals surface area contributed by atoms with E-state index >= 15 is 0 Å². The van der Waals surface area contributed by atoms with Gasteiger partial charge in [0.25, 0.3) is 11.8 Å². The number of carbonyl (C=O) groups excluding carboxylic acids is 2. The Labute approximate surface area is 171 Å². The molecule has 0 saturated heterocycles. The highest BCUT2D eigenvalue weighted by atomic mass is 79.9.